The maximum absolute atomic E-state index is 12.6. The first-order valence-corrected chi connectivity index (χ1v) is 5.97. The van der Waals surface area contributed by atoms with Gasteiger partial charge in [0.25, 0.3) is 0 Å². The van der Waals surface area contributed by atoms with E-state index in [0.717, 1.165) is 25.0 Å². The van der Waals surface area contributed by atoms with Gasteiger partial charge >= 0.3 is 6.18 Å². The minimum atomic E-state index is -4.44. The summed E-state index contributed by atoms with van der Waals surface area (Å²) in [5.74, 6) is -0.0483. The minimum Gasteiger partial charge on any atom is -0.384 e. The second-order valence-electron chi connectivity index (χ2n) is 4.25. The third-order valence-corrected chi connectivity index (χ3v) is 2.53. The van der Waals surface area contributed by atoms with Gasteiger partial charge in [0, 0.05) is 7.11 Å². The smallest absolute Gasteiger partial charge is 0.384 e. The van der Waals surface area contributed by atoms with Gasteiger partial charge in [-0.1, -0.05) is 13.3 Å². The lowest BCUT2D eigenvalue weighted by molar-refractivity contribution is -0.137. The van der Waals surface area contributed by atoms with Crippen molar-refractivity contribution in [2.24, 2.45) is 0 Å². The maximum atomic E-state index is 12.6. The average molecular weight is 277 g/mol. The predicted molar refractivity (Wildman–Crippen MR) is 67.8 cm³/mol. The van der Waals surface area contributed by atoms with Gasteiger partial charge in [-0.05, 0) is 18.6 Å². The standard InChI is InChI=1S/C12H18F3N3O/c1-3-4-9(7-19-2)17-11-6-8(12(13,14)15)5-10(16)18-11/h5-6,9H,3-4,7H2,1-2H3,(H3,16,17,18). The maximum Gasteiger partial charge on any atom is 0.416 e. The van der Waals surface area contributed by atoms with Crippen LogP contribution in [0.3, 0.4) is 0 Å². The molecule has 19 heavy (non-hydrogen) atoms. The monoisotopic (exact) mass is 277 g/mol. The molecule has 1 heterocycles. The van der Waals surface area contributed by atoms with Crippen LogP contribution < -0.4 is 11.1 Å². The minimum absolute atomic E-state index is 0.0922. The second kappa shape index (κ2) is 6.60. The molecular weight excluding hydrogens is 259 g/mol. The summed E-state index contributed by atoms with van der Waals surface area (Å²) in [4.78, 5) is 3.86. The van der Waals surface area contributed by atoms with Gasteiger partial charge in [-0.25, -0.2) is 4.98 Å². The zero-order valence-electron chi connectivity index (χ0n) is 10.9. The summed E-state index contributed by atoms with van der Waals surface area (Å²) in [5.41, 5.74) is 4.59. The molecule has 1 aromatic heterocycles. The number of rotatable bonds is 6. The predicted octanol–water partition coefficient (Wildman–Crippen LogP) is 2.91. The fraction of sp³-hybridized carbons (Fsp3) is 0.583. The Morgan fingerprint density at radius 3 is 2.63 bits per heavy atom. The van der Waals surface area contributed by atoms with Crippen molar-refractivity contribution in [1.29, 1.82) is 0 Å². The summed E-state index contributed by atoms with van der Waals surface area (Å²) in [6.45, 7) is 2.38. The van der Waals surface area contributed by atoms with E-state index in [-0.39, 0.29) is 17.7 Å². The summed E-state index contributed by atoms with van der Waals surface area (Å²) in [7, 11) is 1.54. The fourth-order valence-electron chi connectivity index (χ4n) is 1.75. The van der Waals surface area contributed by atoms with Gasteiger partial charge < -0.3 is 15.8 Å². The van der Waals surface area contributed by atoms with Crippen LogP contribution in [0.5, 0.6) is 0 Å². The Morgan fingerprint density at radius 1 is 1.42 bits per heavy atom. The highest BCUT2D eigenvalue weighted by molar-refractivity contribution is 5.48. The number of nitrogen functional groups attached to an aromatic ring is 1. The molecule has 0 amide bonds. The van der Waals surface area contributed by atoms with Gasteiger partial charge in [-0.2, -0.15) is 13.2 Å². The first kappa shape index (κ1) is 15.6. The van der Waals surface area contributed by atoms with E-state index in [4.69, 9.17) is 10.5 Å². The van der Waals surface area contributed by atoms with Crippen molar-refractivity contribution in [3.63, 3.8) is 0 Å². The lowest BCUT2D eigenvalue weighted by Crippen LogP contribution is -2.25. The van der Waals surface area contributed by atoms with Crippen molar-refractivity contribution >= 4 is 11.6 Å². The first-order valence-electron chi connectivity index (χ1n) is 5.97. The summed E-state index contributed by atoms with van der Waals surface area (Å²) >= 11 is 0. The van der Waals surface area contributed by atoms with E-state index < -0.39 is 11.7 Å². The Bertz CT molecular complexity index is 404. The van der Waals surface area contributed by atoms with E-state index in [1.54, 1.807) is 0 Å². The van der Waals surface area contributed by atoms with Crippen LogP contribution >= 0.6 is 0 Å². The van der Waals surface area contributed by atoms with Crippen LogP contribution in [0.4, 0.5) is 24.8 Å². The van der Waals surface area contributed by atoms with E-state index in [0.29, 0.717) is 6.61 Å². The summed E-state index contributed by atoms with van der Waals surface area (Å²) in [5, 5.41) is 2.92. The summed E-state index contributed by atoms with van der Waals surface area (Å²) in [6, 6.07) is 1.68. The Morgan fingerprint density at radius 2 is 2.11 bits per heavy atom. The zero-order chi connectivity index (χ0) is 14.5. The van der Waals surface area contributed by atoms with Crippen LogP contribution in [0.1, 0.15) is 25.3 Å². The van der Waals surface area contributed by atoms with Gasteiger partial charge in [0.1, 0.15) is 11.6 Å². The van der Waals surface area contributed by atoms with Crippen LogP contribution in [0, 0.1) is 0 Å². The van der Waals surface area contributed by atoms with Crippen molar-refractivity contribution in [2.45, 2.75) is 32.0 Å². The van der Waals surface area contributed by atoms with E-state index in [1.807, 2.05) is 6.92 Å². The van der Waals surface area contributed by atoms with Crippen LogP contribution in [0.2, 0.25) is 0 Å². The SMILES string of the molecule is CCCC(COC)Nc1cc(C(F)(F)F)cc(N)n1. The van der Waals surface area contributed by atoms with E-state index in [2.05, 4.69) is 10.3 Å². The molecule has 1 rings (SSSR count). The number of anilines is 2. The molecule has 0 radical (unpaired) electrons. The number of halogens is 3. The molecule has 0 aromatic carbocycles. The number of ether oxygens (including phenoxy) is 1. The Hall–Kier alpha value is -1.50. The summed E-state index contributed by atoms with van der Waals surface area (Å²) < 4.78 is 42.9. The highest BCUT2D eigenvalue weighted by Crippen LogP contribution is 2.31. The molecule has 0 spiro atoms. The van der Waals surface area contributed by atoms with Crippen molar-refractivity contribution in [2.75, 3.05) is 24.8 Å². The Kier molecular flexibility index (Phi) is 5.41. The molecule has 4 nitrogen and oxygen atoms in total. The molecule has 1 atom stereocenters. The van der Waals surface area contributed by atoms with E-state index in [9.17, 15) is 13.2 Å². The van der Waals surface area contributed by atoms with Gasteiger partial charge in [0.05, 0.1) is 18.2 Å². The molecule has 108 valence electrons. The molecule has 0 saturated heterocycles. The van der Waals surface area contributed by atoms with Crippen molar-refractivity contribution in [3.8, 4) is 0 Å². The number of hydrogen-bond acceptors (Lipinski definition) is 4. The van der Waals surface area contributed by atoms with E-state index >= 15 is 0 Å². The molecule has 0 aliphatic rings. The number of nitrogens with two attached hydrogens (primary N) is 1. The number of nitrogens with one attached hydrogen (secondary N) is 1. The molecule has 0 aliphatic heterocycles. The molecule has 0 fully saturated rings. The second-order valence-corrected chi connectivity index (χ2v) is 4.25. The Balaban J connectivity index is 2.90. The van der Waals surface area contributed by atoms with Crippen LogP contribution in [0.25, 0.3) is 0 Å². The third-order valence-electron chi connectivity index (χ3n) is 2.53. The van der Waals surface area contributed by atoms with Crippen molar-refractivity contribution < 1.29 is 17.9 Å². The van der Waals surface area contributed by atoms with Gasteiger partial charge in [-0.3, -0.25) is 0 Å². The molecule has 0 saturated carbocycles. The normalized spacial score (nSPS) is 13.3. The van der Waals surface area contributed by atoms with E-state index in [1.165, 1.54) is 7.11 Å². The lowest BCUT2D eigenvalue weighted by atomic mass is 10.1. The van der Waals surface area contributed by atoms with Gasteiger partial charge in [0.15, 0.2) is 0 Å². The van der Waals surface area contributed by atoms with Crippen molar-refractivity contribution in [1.82, 2.24) is 4.98 Å². The third kappa shape index (κ3) is 4.94. The molecule has 0 aliphatic carbocycles. The van der Waals surface area contributed by atoms with Crippen LogP contribution in [-0.4, -0.2) is 24.7 Å². The van der Waals surface area contributed by atoms with Crippen LogP contribution in [-0.2, 0) is 10.9 Å². The fourth-order valence-corrected chi connectivity index (χ4v) is 1.75. The molecular formula is C12H18F3N3O. The highest BCUT2D eigenvalue weighted by atomic mass is 19.4. The first-order chi connectivity index (χ1) is 8.86. The zero-order valence-corrected chi connectivity index (χ0v) is 10.9. The van der Waals surface area contributed by atoms with Crippen LogP contribution in [0.15, 0.2) is 12.1 Å². The number of nitrogens with zero attached hydrogens (tertiary/aromatic N) is 1. The van der Waals surface area contributed by atoms with Crippen molar-refractivity contribution in [3.05, 3.63) is 17.7 Å². The topological polar surface area (TPSA) is 60.2 Å². The van der Waals surface area contributed by atoms with Gasteiger partial charge in [0.2, 0.25) is 0 Å². The molecule has 1 unspecified atom stereocenters. The number of methoxy groups -OCH3 is 1. The molecule has 1 aromatic rings. The lowest BCUT2D eigenvalue weighted by Gasteiger charge is -2.19. The number of alkyl halides is 3. The molecule has 3 N–H and O–H groups in total. The summed E-state index contributed by atoms with van der Waals surface area (Å²) in [6.07, 6.45) is -2.78. The average Bonchev–Trinajstić information content (AvgIpc) is 2.27. The number of hydrogen-bond donors (Lipinski definition) is 2. The molecule has 7 heteroatoms. The largest absolute Gasteiger partial charge is 0.416 e. The number of pyridine rings is 1. The Labute approximate surface area is 110 Å². The molecule has 0 bridgehead atoms. The number of aromatic nitrogens is 1. The quantitative estimate of drug-likeness (QED) is 0.839. The van der Waals surface area contributed by atoms with Gasteiger partial charge in [-0.15, -0.1) is 0 Å². The highest BCUT2D eigenvalue weighted by Gasteiger charge is 2.31.